The van der Waals surface area contributed by atoms with Crippen LogP contribution < -0.4 is 10.6 Å². The van der Waals surface area contributed by atoms with E-state index < -0.39 is 0 Å². The summed E-state index contributed by atoms with van der Waals surface area (Å²) in [5.41, 5.74) is 2.79. The SMILES string of the molecule is C[C@H]1CC(c2cc3nc(Nc4cnn(C5CC5)c4Cl)ncc3cc2Cl)CCN1. The third kappa shape index (κ3) is 3.45. The van der Waals surface area contributed by atoms with Crippen molar-refractivity contribution < 1.29 is 0 Å². The Balaban J connectivity index is 1.45. The van der Waals surface area contributed by atoms with E-state index in [1.807, 2.05) is 10.7 Å². The molecule has 3 heterocycles. The van der Waals surface area contributed by atoms with Crippen LogP contribution in [-0.2, 0) is 0 Å². The van der Waals surface area contributed by atoms with Crippen molar-refractivity contribution >= 4 is 45.7 Å². The van der Waals surface area contributed by atoms with Gasteiger partial charge in [-0.15, -0.1) is 0 Å². The molecule has 1 saturated heterocycles. The molecule has 2 atom stereocenters. The summed E-state index contributed by atoms with van der Waals surface area (Å²) in [5.74, 6) is 0.961. The van der Waals surface area contributed by atoms with Crippen molar-refractivity contribution in [3.8, 4) is 0 Å². The van der Waals surface area contributed by atoms with Gasteiger partial charge in [0.25, 0.3) is 0 Å². The molecule has 1 aliphatic carbocycles. The summed E-state index contributed by atoms with van der Waals surface area (Å²) in [6.07, 6.45) is 7.96. The van der Waals surface area contributed by atoms with Gasteiger partial charge in [-0.05, 0) is 62.8 Å². The average Bonchev–Trinajstić information content (AvgIpc) is 3.46. The third-order valence-corrected chi connectivity index (χ3v) is 6.34. The highest BCUT2D eigenvalue weighted by molar-refractivity contribution is 6.32. The zero-order valence-electron chi connectivity index (χ0n) is 15.6. The van der Waals surface area contributed by atoms with Gasteiger partial charge in [-0.25, -0.2) is 14.6 Å². The molecule has 28 heavy (non-hydrogen) atoms. The number of fused-ring (bicyclic) bond motifs is 1. The van der Waals surface area contributed by atoms with Crippen molar-refractivity contribution in [1.29, 1.82) is 0 Å². The van der Waals surface area contributed by atoms with Gasteiger partial charge in [0.2, 0.25) is 5.95 Å². The Hall–Kier alpha value is -1.89. The zero-order chi connectivity index (χ0) is 19.3. The highest BCUT2D eigenvalue weighted by Crippen LogP contribution is 2.39. The van der Waals surface area contributed by atoms with Crippen LogP contribution in [-0.4, -0.2) is 32.3 Å². The van der Waals surface area contributed by atoms with Gasteiger partial charge >= 0.3 is 0 Å². The Morgan fingerprint density at radius 1 is 1.18 bits per heavy atom. The van der Waals surface area contributed by atoms with E-state index in [2.05, 4.69) is 33.7 Å². The summed E-state index contributed by atoms with van der Waals surface area (Å²) in [6, 6.07) is 5.01. The van der Waals surface area contributed by atoms with E-state index in [4.69, 9.17) is 28.2 Å². The number of hydrogen-bond donors (Lipinski definition) is 2. The number of hydrogen-bond acceptors (Lipinski definition) is 5. The van der Waals surface area contributed by atoms with Crippen molar-refractivity contribution in [1.82, 2.24) is 25.1 Å². The summed E-state index contributed by atoms with van der Waals surface area (Å²) in [6.45, 7) is 3.23. The van der Waals surface area contributed by atoms with E-state index in [1.165, 1.54) is 5.56 Å². The molecule has 1 aliphatic heterocycles. The maximum Gasteiger partial charge on any atom is 0.227 e. The van der Waals surface area contributed by atoms with Gasteiger partial charge in [0.05, 0.1) is 23.4 Å². The first-order valence-corrected chi connectivity index (χ1v) is 10.5. The highest BCUT2D eigenvalue weighted by atomic mass is 35.5. The first kappa shape index (κ1) is 18.2. The molecule has 6 nitrogen and oxygen atoms in total. The lowest BCUT2D eigenvalue weighted by molar-refractivity contribution is 0.381. The molecule has 8 heteroatoms. The number of nitrogens with one attached hydrogen (secondary N) is 2. The number of anilines is 2. The van der Waals surface area contributed by atoms with Crippen molar-refractivity contribution in [3.05, 3.63) is 40.3 Å². The van der Waals surface area contributed by atoms with E-state index in [1.54, 1.807) is 12.4 Å². The van der Waals surface area contributed by atoms with Gasteiger partial charge < -0.3 is 10.6 Å². The molecule has 0 bridgehead atoms. The minimum Gasteiger partial charge on any atom is -0.320 e. The lowest BCUT2D eigenvalue weighted by Gasteiger charge is -2.29. The first-order valence-electron chi connectivity index (χ1n) is 9.78. The molecule has 2 aliphatic rings. The maximum atomic E-state index is 6.59. The molecule has 5 rings (SSSR count). The fraction of sp³-hybridized carbons (Fsp3) is 0.450. The summed E-state index contributed by atoms with van der Waals surface area (Å²) < 4.78 is 1.86. The molecule has 0 amide bonds. The van der Waals surface area contributed by atoms with Gasteiger partial charge in [-0.2, -0.15) is 5.10 Å². The largest absolute Gasteiger partial charge is 0.320 e. The second-order valence-corrected chi connectivity index (χ2v) is 8.62. The van der Waals surface area contributed by atoms with Crippen molar-refractivity contribution in [3.63, 3.8) is 0 Å². The fourth-order valence-electron chi connectivity index (χ4n) is 3.98. The molecule has 1 aromatic carbocycles. The lowest BCUT2D eigenvalue weighted by Crippen LogP contribution is -2.34. The predicted octanol–water partition coefficient (Wildman–Crippen LogP) is 5.07. The number of halogens is 2. The fourth-order valence-corrected chi connectivity index (χ4v) is 4.58. The smallest absolute Gasteiger partial charge is 0.227 e. The van der Waals surface area contributed by atoms with Gasteiger partial charge in [0.1, 0.15) is 0 Å². The van der Waals surface area contributed by atoms with Gasteiger partial charge in [0, 0.05) is 22.6 Å². The van der Waals surface area contributed by atoms with Crippen LogP contribution in [0.4, 0.5) is 11.6 Å². The van der Waals surface area contributed by atoms with Crippen LogP contribution in [0.5, 0.6) is 0 Å². The van der Waals surface area contributed by atoms with E-state index in [0.29, 0.717) is 29.1 Å². The minimum absolute atomic E-state index is 0.428. The average molecular weight is 417 g/mol. The topological polar surface area (TPSA) is 67.7 Å². The number of piperidine rings is 1. The Bertz CT molecular complexity index is 1030. The second-order valence-electron chi connectivity index (χ2n) is 7.85. The Kier molecular flexibility index (Phi) is 4.65. The lowest BCUT2D eigenvalue weighted by atomic mass is 9.86. The number of benzene rings is 1. The standard InChI is InChI=1S/C20H22Cl2N6/c1-11-6-12(4-5-23-11)15-8-17-13(7-16(15)21)9-24-20(26-17)27-18-10-25-28(19(18)22)14-2-3-14/h7-12,14,23H,2-6H2,1H3,(H,24,26,27)/t11-,12?/m0/s1. The van der Waals surface area contributed by atoms with Crippen LogP contribution in [0, 0.1) is 0 Å². The molecule has 2 aromatic heterocycles. The van der Waals surface area contributed by atoms with Crippen molar-refractivity contribution in [2.24, 2.45) is 0 Å². The van der Waals surface area contributed by atoms with Gasteiger partial charge in [-0.3, -0.25) is 0 Å². The zero-order valence-corrected chi connectivity index (χ0v) is 17.1. The van der Waals surface area contributed by atoms with Crippen LogP contribution in [0.1, 0.15) is 50.1 Å². The van der Waals surface area contributed by atoms with E-state index in [0.717, 1.165) is 53.8 Å². The molecule has 2 fully saturated rings. The summed E-state index contributed by atoms with van der Waals surface area (Å²) in [7, 11) is 0. The van der Waals surface area contributed by atoms with Crippen LogP contribution in [0.25, 0.3) is 10.9 Å². The maximum absolute atomic E-state index is 6.59. The molecule has 1 unspecified atom stereocenters. The van der Waals surface area contributed by atoms with E-state index in [-0.39, 0.29) is 0 Å². The van der Waals surface area contributed by atoms with Crippen LogP contribution in [0.2, 0.25) is 10.2 Å². The minimum atomic E-state index is 0.428. The molecule has 0 spiro atoms. The highest BCUT2D eigenvalue weighted by Gasteiger charge is 2.27. The Labute approximate surface area is 173 Å². The molecular formula is C20H22Cl2N6. The van der Waals surface area contributed by atoms with Crippen LogP contribution >= 0.6 is 23.2 Å². The molecule has 146 valence electrons. The molecule has 3 aromatic rings. The number of rotatable bonds is 4. The molecule has 1 saturated carbocycles. The second kappa shape index (κ2) is 7.17. The van der Waals surface area contributed by atoms with E-state index >= 15 is 0 Å². The Morgan fingerprint density at radius 2 is 2.04 bits per heavy atom. The van der Waals surface area contributed by atoms with Crippen LogP contribution in [0.3, 0.4) is 0 Å². The van der Waals surface area contributed by atoms with Gasteiger partial charge in [-0.1, -0.05) is 23.2 Å². The van der Waals surface area contributed by atoms with Gasteiger partial charge in [0.15, 0.2) is 5.15 Å². The quantitative estimate of drug-likeness (QED) is 0.621. The molecule has 0 radical (unpaired) electrons. The summed E-state index contributed by atoms with van der Waals surface area (Å²) in [4.78, 5) is 9.13. The number of aromatic nitrogens is 4. The van der Waals surface area contributed by atoms with Crippen molar-refractivity contribution in [2.45, 2.75) is 50.6 Å². The van der Waals surface area contributed by atoms with Crippen molar-refractivity contribution in [2.75, 3.05) is 11.9 Å². The number of nitrogens with zero attached hydrogens (tertiary/aromatic N) is 4. The summed E-state index contributed by atoms with van der Waals surface area (Å²) >= 11 is 13.0. The monoisotopic (exact) mass is 416 g/mol. The first-order chi connectivity index (χ1) is 13.6. The molecular weight excluding hydrogens is 395 g/mol. The molecule has 2 N–H and O–H groups in total. The predicted molar refractivity (Wildman–Crippen MR) is 113 cm³/mol. The third-order valence-electron chi connectivity index (χ3n) is 5.64. The van der Waals surface area contributed by atoms with E-state index in [9.17, 15) is 0 Å². The summed E-state index contributed by atoms with van der Waals surface area (Å²) in [5, 5.41) is 13.4. The Morgan fingerprint density at radius 3 is 2.82 bits per heavy atom. The van der Waals surface area contributed by atoms with Crippen LogP contribution in [0.15, 0.2) is 24.5 Å². The normalized spacial score (nSPS) is 22.5.